The smallest absolute Gasteiger partial charge is 0.239 e. The predicted octanol–water partition coefficient (Wildman–Crippen LogP) is 2.22. The highest BCUT2D eigenvalue weighted by atomic mass is 16.5. The first kappa shape index (κ1) is 18.2. The van der Waals surface area contributed by atoms with Crippen LogP contribution in [0.25, 0.3) is 11.3 Å². The number of nitrogens with two attached hydrogens (primary N) is 1. The Kier molecular flexibility index (Phi) is 4.94. The average molecular weight is 364 g/mol. The van der Waals surface area contributed by atoms with Crippen LogP contribution in [0.15, 0.2) is 30.3 Å². The number of aromatic nitrogens is 1. The fraction of sp³-hybridized carbons (Fsp3) is 0.263. The molecule has 0 radical (unpaired) electrons. The van der Waals surface area contributed by atoms with Gasteiger partial charge in [0.25, 0.3) is 0 Å². The van der Waals surface area contributed by atoms with Crippen molar-refractivity contribution < 1.29 is 9.53 Å². The lowest BCUT2D eigenvalue weighted by atomic mass is 10.0. The number of nitrogens with zero attached hydrogens (tertiary/aromatic N) is 3. The van der Waals surface area contributed by atoms with Gasteiger partial charge in [-0.25, -0.2) is 4.98 Å². The topological polar surface area (TPSA) is 128 Å². The molecular formula is C19H20N6O2. The molecule has 1 amide bonds. The second kappa shape index (κ2) is 7.33. The van der Waals surface area contributed by atoms with Crippen molar-refractivity contribution in [1.29, 1.82) is 10.7 Å². The minimum absolute atomic E-state index is 0.264. The third kappa shape index (κ3) is 3.67. The number of nitrogens with one attached hydrogen (secondary N) is 2. The van der Waals surface area contributed by atoms with Gasteiger partial charge in [0.1, 0.15) is 11.3 Å². The van der Waals surface area contributed by atoms with Crippen molar-refractivity contribution in [2.24, 2.45) is 0 Å². The third-order valence-electron chi connectivity index (χ3n) is 4.56. The van der Waals surface area contributed by atoms with Gasteiger partial charge in [-0.3, -0.25) is 4.79 Å². The third-order valence-corrected chi connectivity index (χ3v) is 4.56. The molecule has 0 saturated carbocycles. The SMILES string of the molecule is CC1(Oc2nc(-c3cccc(N)c3C=N)ccc2NC=O)CCN(C#N)C1. The van der Waals surface area contributed by atoms with Crippen molar-refractivity contribution in [2.45, 2.75) is 18.9 Å². The molecule has 8 heteroatoms. The fourth-order valence-electron chi connectivity index (χ4n) is 3.14. The van der Waals surface area contributed by atoms with Crippen LogP contribution in [0.4, 0.5) is 11.4 Å². The van der Waals surface area contributed by atoms with Crippen LogP contribution in [0.5, 0.6) is 5.88 Å². The van der Waals surface area contributed by atoms with Crippen LogP contribution in [0.3, 0.4) is 0 Å². The number of anilines is 2. The minimum Gasteiger partial charge on any atom is -0.468 e. The highest BCUT2D eigenvalue weighted by molar-refractivity contribution is 5.94. The summed E-state index contributed by atoms with van der Waals surface area (Å²) >= 11 is 0. The summed E-state index contributed by atoms with van der Waals surface area (Å²) in [7, 11) is 0. The molecule has 1 saturated heterocycles. The maximum atomic E-state index is 10.9. The van der Waals surface area contributed by atoms with E-state index in [-0.39, 0.29) is 5.88 Å². The largest absolute Gasteiger partial charge is 0.468 e. The number of carbonyl (C=O) groups excluding carboxylic acids is 1. The number of amides is 1. The monoisotopic (exact) mass is 364 g/mol. The standard InChI is InChI=1S/C19H20N6O2/c1-19(7-8-25(10-19)11-21)27-18-17(23-12-26)6-5-16(24-18)13-3-2-4-15(22)14(13)9-20/h2-6,9,12,20H,7-8,10,22H2,1H3,(H,23,26). The van der Waals surface area contributed by atoms with E-state index in [9.17, 15) is 4.79 Å². The second-order valence-electron chi connectivity index (χ2n) is 6.59. The molecule has 27 heavy (non-hydrogen) atoms. The summed E-state index contributed by atoms with van der Waals surface area (Å²) in [6, 6.07) is 8.77. The number of ether oxygens (including phenoxy) is 1. The second-order valence-corrected chi connectivity index (χ2v) is 6.59. The first-order valence-electron chi connectivity index (χ1n) is 8.44. The van der Waals surface area contributed by atoms with E-state index in [1.807, 2.05) is 13.0 Å². The summed E-state index contributed by atoms with van der Waals surface area (Å²) in [5.41, 5.74) is 8.12. The lowest BCUT2D eigenvalue weighted by Crippen LogP contribution is -2.35. The normalized spacial score (nSPS) is 18.6. The zero-order chi connectivity index (χ0) is 19.4. The lowest BCUT2D eigenvalue weighted by Gasteiger charge is -2.26. The molecule has 2 heterocycles. The Morgan fingerprint density at radius 2 is 2.26 bits per heavy atom. The molecule has 1 aromatic carbocycles. The van der Waals surface area contributed by atoms with Crippen LogP contribution < -0.4 is 15.8 Å². The van der Waals surface area contributed by atoms with Crippen LogP contribution in [-0.4, -0.2) is 41.2 Å². The maximum Gasteiger partial charge on any atom is 0.239 e. The van der Waals surface area contributed by atoms with E-state index in [1.165, 1.54) is 6.21 Å². The molecule has 1 fully saturated rings. The van der Waals surface area contributed by atoms with Gasteiger partial charge in [0.15, 0.2) is 6.19 Å². The van der Waals surface area contributed by atoms with Crippen LogP contribution in [-0.2, 0) is 4.79 Å². The van der Waals surface area contributed by atoms with Crippen molar-refractivity contribution in [3.8, 4) is 23.3 Å². The van der Waals surface area contributed by atoms with E-state index in [0.29, 0.717) is 54.1 Å². The number of pyridine rings is 1. The lowest BCUT2D eigenvalue weighted by molar-refractivity contribution is -0.105. The van der Waals surface area contributed by atoms with Crippen molar-refractivity contribution in [3.05, 3.63) is 35.9 Å². The molecule has 0 aliphatic carbocycles. The zero-order valence-electron chi connectivity index (χ0n) is 14.9. The number of nitriles is 1. The first-order chi connectivity index (χ1) is 13.0. The molecule has 2 aromatic rings. The Labute approximate surface area is 157 Å². The summed E-state index contributed by atoms with van der Waals surface area (Å²) in [5.74, 6) is 0.264. The molecule has 3 rings (SSSR count). The van der Waals surface area contributed by atoms with E-state index in [1.54, 1.807) is 29.2 Å². The van der Waals surface area contributed by atoms with Crippen molar-refractivity contribution >= 4 is 24.0 Å². The van der Waals surface area contributed by atoms with Gasteiger partial charge in [-0.2, -0.15) is 5.26 Å². The molecule has 0 bridgehead atoms. The maximum absolute atomic E-state index is 10.9. The number of hydrogen-bond donors (Lipinski definition) is 3. The molecule has 1 aliphatic rings. The van der Waals surface area contributed by atoms with E-state index in [0.717, 1.165) is 0 Å². The predicted molar refractivity (Wildman–Crippen MR) is 102 cm³/mol. The van der Waals surface area contributed by atoms with Crippen LogP contribution >= 0.6 is 0 Å². The van der Waals surface area contributed by atoms with Gasteiger partial charge in [-0.05, 0) is 25.1 Å². The Morgan fingerprint density at radius 1 is 1.44 bits per heavy atom. The van der Waals surface area contributed by atoms with Gasteiger partial charge < -0.3 is 26.1 Å². The van der Waals surface area contributed by atoms with E-state index < -0.39 is 5.60 Å². The number of carbonyl (C=O) groups is 1. The quantitative estimate of drug-likeness (QED) is 0.312. The molecule has 1 aliphatic heterocycles. The van der Waals surface area contributed by atoms with Gasteiger partial charge in [0.2, 0.25) is 12.3 Å². The van der Waals surface area contributed by atoms with Gasteiger partial charge in [-0.15, -0.1) is 0 Å². The number of hydrogen-bond acceptors (Lipinski definition) is 7. The molecule has 1 atom stereocenters. The fourth-order valence-corrected chi connectivity index (χ4v) is 3.14. The van der Waals surface area contributed by atoms with Gasteiger partial charge in [0, 0.05) is 36.0 Å². The molecule has 1 unspecified atom stereocenters. The highest BCUT2D eigenvalue weighted by Crippen LogP contribution is 2.34. The van der Waals surface area contributed by atoms with Gasteiger partial charge >= 0.3 is 0 Å². The summed E-state index contributed by atoms with van der Waals surface area (Å²) < 4.78 is 6.13. The van der Waals surface area contributed by atoms with E-state index in [4.69, 9.17) is 21.1 Å². The van der Waals surface area contributed by atoms with E-state index >= 15 is 0 Å². The molecule has 4 N–H and O–H groups in total. The highest BCUT2D eigenvalue weighted by Gasteiger charge is 2.36. The number of rotatable bonds is 6. The Balaban J connectivity index is 2.02. The molecule has 138 valence electrons. The van der Waals surface area contributed by atoms with Crippen molar-refractivity contribution in [2.75, 3.05) is 24.1 Å². The van der Waals surface area contributed by atoms with Crippen molar-refractivity contribution in [3.63, 3.8) is 0 Å². The zero-order valence-corrected chi connectivity index (χ0v) is 14.9. The molecule has 1 aromatic heterocycles. The average Bonchev–Trinajstić information content (AvgIpc) is 3.04. The summed E-state index contributed by atoms with van der Waals surface area (Å²) in [4.78, 5) is 17.1. The number of benzene rings is 1. The summed E-state index contributed by atoms with van der Waals surface area (Å²) in [6.07, 6.45) is 4.54. The van der Waals surface area contributed by atoms with Crippen LogP contribution in [0, 0.1) is 16.9 Å². The Bertz CT molecular complexity index is 923. The Hall–Kier alpha value is -3.60. The minimum atomic E-state index is -0.596. The molecule has 0 spiro atoms. The Morgan fingerprint density at radius 3 is 2.93 bits per heavy atom. The molecule has 8 nitrogen and oxygen atoms in total. The number of nitrogen functional groups attached to an aromatic ring is 1. The van der Waals surface area contributed by atoms with Gasteiger partial charge in [0.05, 0.1) is 12.2 Å². The summed E-state index contributed by atoms with van der Waals surface area (Å²) in [6.45, 7) is 2.96. The summed E-state index contributed by atoms with van der Waals surface area (Å²) in [5, 5.41) is 19.3. The molecular weight excluding hydrogens is 344 g/mol. The van der Waals surface area contributed by atoms with E-state index in [2.05, 4.69) is 16.5 Å². The van der Waals surface area contributed by atoms with Gasteiger partial charge in [-0.1, -0.05) is 12.1 Å². The van der Waals surface area contributed by atoms with Crippen LogP contribution in [0.2, 0.25) is 0 Å². The van der Waals surface area contributed by atoms with Crippen LogP contribution in [0.1, 0.15) is 18.9 Å². The van der Waals surface area contributed by atoms with Crippen molar-refractivity contribution in [1.82, 2.24) is 9.88 Å². The number of likely N-dealkylation sites (tertiary alicyclic amines) is 1. The first-order valence-corrected chi connectivity index (χ1v) is 8.44.